The molecule has 27 heavy (non-hydrogen) atoms. The van der Waals surface area contributed by atoms with Crippen LogP contribution in [0.1, 0.15) is 60.1 Å². The average Bonchev–Trinajstić information content (AvgIpc) is 3.17. The number of para-hydroxylation sites is 1. The van der Waals surface area contributed by atoms with E-state index < -0.39 is 0 Å². The minimum absolute atomic E-state index is 0.0291. The van der Waals surface area contributed by atoms with Crippen molar-refractivity contribution in [1.29, 1.82) is 0 Å². The molecule has 1 amide bonds. The molecule has 0 saturated carbocycles. The van der Waals surface area contributed by atoms with Crippen LogP contribution in [0.2, 0.25) is 0 Å². The van der Waals surface area contributed by atoms with Gasteiger partial charge in [-0.05, 0) is 55.0 Å². The van der Waals surface area contributed by atoms with Gasteiger partial charge in [-0.25, -0.2) is 0 Å². The molecule has 4 atom stereocenters. The molecule has 3 N–H and O–H groups in total. The summed E-state index contributed by atoms with van der Waals surface area (Å²) in [6.07, 6.45) is 6.42. The Balaban J connectivity index is 1.74. The summed E-state index contributed by atoms with van der Waals surface area (Å²) >= 11 is 0. The van der Waals surface area contributed by atoms with Gasteiger partial charge < -0.3 is 15.7 Å². The second-order valence-electron chi connectivity index (χ2n) is 7.62. The van der Waals surface area contributed by atoms with Crippen molar-refractivity contribution in [2.45, 2.75) is 44.7 Å². The summed E-state index contributed by atoms with van der Waals surface area (Å²) < 4.78 is 0. The first kappa shape index (κ1) is 17.7. The van der Waals surface area contributed by atoms with Crippen LogP contribution in [-0.4, -0.2) is 17.1 Å². The molecule has 140 valence electrons. The van der Waals surface area contributed by atoms with Crippen LogP contribution in [0.15, 0.2) is 54.6 Å². The molecule has 4 unspecified atom stereocenters. The third kappa shape index (κ3) is 3.20. The SMILES string of the molecule is CCC(C)NC(=O)c1cccc2c1NC(c1ccc(O)cc1)C1CC=CC21. The molecule has 1 aliphatic heterocycles. The average molecular weight is 362 g/mol. The zero-order chi connectivity index (χ0) is 19.0. The Labute approximate surface area is 160 Å². The van der Waals surface area contributed by atoms with E-state index >= 15 is 0 Å². The maximum absolute atomic E-state index is 12.9. The lowest BCUT2D eigenvalue weighted by Crippen LogP contribution is -2.35. The van der Waals surface area contributed by atoms with E-state index in [1.165, 1.54) is 5.56 Å². The molecule has 0 bridgehead atoms. The predicted octanol–water partition coefficient (Wildman–Crippen LogP) is 4.75. The number of allylic oxidation sites excluding steroid dienone is 2. The number of rotatable bonds is 4. The van der Waals surface area contributed by atoms with E-state index in [1.807, 2.05) is 31.2 Å². The van der Waals surface area contributed by atoms with Crippen LogP contribution < -0.4 is 10.6 Å². The largest absolute Gasteiger partial charge is 0.508 e. The third-order valence-electron chi connectivity index (χ3n) is 5.88. The maximum atomic E-state index is 12.9. The molecule has 4 rings (SSSR count). The molecule has 0 radical (unpaired) electrons. The Hall–Kier alpha value is -2.75. The zero-order valence-corrected chi connectivity index (χ0v) is 15.8. The molecule has 4 nitrogen and oxygen atoms in total. The molecule has 2 aliphatic rings. The van der Waals surface area contributed by atoms with E-state index in [0.29, 0.717) is 17.4 Å². The molecule has 2 aromatic carbocycles. The molecule has 0 spiro atoms. The number of fused-ring (bicyclic) bond motifs is 3. The quantitative estimate of drug-likeness (QED) is 0.688. The Kier molecular flexibility index (Phi) is 4.65. The lowest BCUT2D eigenvalue weighted by atomic mass is 9.76. The van der Waals surface area contributed by atoms with Gasteiger partial charge in [0.2, 0.25) is 0 Å². The van der Waals surface area contributed by atoms with Crippen LogP contribution in [-0.2, 0) is 0 Å². The molecular formula is C23H26N2O2. The van der Waals surface area contributed by atoms with Gasteiger partial charge in [0, 0.05) is 12.0 Å². The first-order chi connectivity index (χ1) is 13.1. The number of aromatic hydroxyl groups is 1. The molecule has 2 aromatic rings. The van der Waals surface area contributed by atoms with Crippen molar-refractivity contribution in [2.24, 2.45) is 5.92 Å². The molecule has 0 aromatic heterocycles. The fraction of sp³-hybridized carbons (Fsp3) is 0.348. The number of carbonyl (C=O) groups excluding carboxylic acids is 1. The van der Waals surface area contributed by atoms with Crippen LogP contribution in [0.25, 0.3) is 0 Å². The Morgan fingerprint density at radius 3 is 2.78 bits per heavy atom. The highest BCUT2D eigenvalue weighted by Gasteiger charge is 2.39. The number of hydrogen-bond donors (Lipinski definition) is 3. The topological polar surface area (TPSA) is 61.4 Å². The second kappa shape index (κ2) is 7.10. The summed E-state index contributed by atoms with van der Waals surface area (Å²) in [5, 5.41) is 16.4. The summed E-state index contributed by atoms with van der Waals surface area (Å²) in [6, 6.07) is 13.6. The van der Waals surface area contributed by atoms with Gasteiger partial charge in [-0.15, -0.1) is 0 Å². The van der Waals surface area contributed by atoms with Crippen LogP contribution in [0.5, 0.6) is 5.75 Å². The highest BCUT2D eigenvalue weighted by Crippen LogP contribution is 2.50. The van der Waals surface area contributed by atoms with E-state index in [4.69, 9.17) is 0 Å². The van der Waals surface area contributed by atoms with E-state index in [1.54, 1.807) is 12.1 Å². The number of anilines is 1. The van der Waals surface area contributed by atoms with Gasteiger partial charge >= 0.3 is 0 Å². The maximum Gasteiger partial charge on any atom is 0.253 e. The number of hydrogen-bond acceptors (Lipinski definition) is 3. The van der Waals surface area contributed by atoms with Crippen molar-refractivity contribution in [1.82, 2.24) is 5.32 Å². The van der Waals surface area contributed by atoms with Crippen molar-refractivity contribution >= 4 is 11.6 Å². The standard InChI is InChI=1S/C23H26N2O2/c1-3-14(2)24-23(27)20-9-5-8-19-17-6-4-7-18(17)21(25-22(19)20)15-10-12-16(26)13-11-15/h4-6,8-14,17-18,21,25-26H,3,7H2,1-2H3,(H,24,27). The van der Waals surface area contributed by atoms with Crippen LogP contribution in [0.3, 0.4) is 0 Å². The number of benzene rings is 2. The van der Waals surface area contributed by atoms with Crippen molar-refractivity contribution in [3.05, 3.63) is 71.3 Å². The lowest BCUT2D eigenvalue weighted by molar-refractivity contribution is 0.0939. The van der Waals surface area contributed by atoms with Crippen LogP contribution in [0.4, 0.5) is 5.69 Å². The van der Waals surface area contributed by atoms with Gasteiger partial charge in [0.1, 0.15) is 5.75 Å². The van der Waals surface area contributed by atoms with Crippen LogP contribution in [0, 0.1) is 5.92 Å². The van der Waals surface area contributed by atoms with Gasteiger partial charge in [-0.2, -0.15) is 0 Å². The van der Waals surface area contributed by atoms with Gasteiger partial charge in [-0.1, -0.05) is 43.3 Å². The summed E-state index contributed by atoms with van der Waals surface area (Å²) in [4.78, 5) is 12.9. The molecule has 0 fully saturated rings. The Bertz CT molecular complexity index is 872. The highest BCUT2D eigenvalue weighted by atomic mass is 16.3. The van der Waals surface area contributed by atoms with Crippen molar-refractivity contribution in [3.63, 3.8) is 0 Å². The first-order valence-corrected chi connectivity index (χ1v) is 9.74. The Morgan fingerprint density at radius 1 is 1.26 bits per heavy atom. The molecule has 1 heterocycles. The summed E-state index contributed by atoms with van der Waals surface area (Å²) in [5.41, 5.74) is 3.97. The fourth-order valence-corrected chi connectivity index (χ4v) is 4.23. The van der Waals surface area contributed by atoms with E-state index in [-0.39, 0.29) is 23.7 Å². The summed E-state index contributed by atoms with van der Waals surface area (Å²) in [6.45, 7) is 4.09. The lowest BCUT2D eigenvalue weighted by Gasteiger charge is -2.38. The summed E-state index contributed by atoms with van der Waals surface area (Å²) in [7, 11) is 0. The number of carbonyl (C=O) groups is 1. The van der Waals surface area contributed by atoms with Gasteiger partial charge in [0.25, 0.3) is 5.91 Å². The Morgan fingerprint density at radius 2 is 2.04 bits per heavy atom. The number of nitrogens with one attached hydrogen (secondary N) is 2. The molecule has 1 aliphatic carbocycles. The van der Waals surface area contributed by atoms with Gasteiger partial charge in [0.05, 0.1) is 17.3 Å². The van der Waals surface area contributed by atoms with Crippen molar-refractivity contribution in [3.8, 4) is 5.75 Å². The third-order valence-corrected chi connectivity index (χ3v) is 5.88. The van der Waals surface area contributed by atoms with E-state index in [0.717, 1.165) is 24.1 Å². The smallest absolute Gasteiger partial charge is 0.253 e. The highest BCUT2D eigenvalue weighted by molar-refractivity contribution is 6.01. The van der Waals surface area contributed by atoms with Crippen molar-refractivity contribution in [2.75, 3.05) is 5.32 Å². The van der Waals surface area contributed by atoms with E-state index in [9.17, 15) is 9.90 Å². The zero-order valence-electron chi connectivity index (χ0n) is 15.8. The van der Waals surface area contributed by atoms with Crippen molar-refractivity contribution < 1.29 is 9.90 Å². The first-order valence-electron chi connectivity index (χ1n) is 9.74. The normalized spacial score (nSPS) is 23.9. The predicted molar refractivity (Wildman–Crippen MR) is 108 cm³/mol. The fourth-order valence-electron chi connectivity index (χ4n) is 4.23. The minimum Gasteiger partial charge on any atom is -0.508 e. The molecular weight excluding hydrogens is 336 g/mol. The van der Waals surface area contributed by atoms with Gasteiger partial charge in [-0.3, -0.25) is 4.79 Å². The monoisotopic (exact) mass is 362 g/mol. The number of amides is 1. The second-order valence-corrected chi connectivity index (χ2v) is 7.62. The molecule has 4 heteroatoms. The molecule has 0 saturated heterocycles. The number of phenolic OH excluding ortho intramolecular Hbond substituents is 1. The van der Waals surface area contributed by atoms with Crippen LogP contribution >= 0.6 is 0 Å². The van der Waals surface area contributed by atoms with E-state index in [2.05, 4.69) is 35.8 Å². The number of phenols is 1. The minimum atomic E-state index is -0.0291. The summed E-state index contributed by atoms with van der Waals surface area (Å²) in [5.74, 6) is 0.953. The van der Waals surface area contributed by atoms with Gasteiger partial charge in [0.15, 0.2) is 0 Å².